The van der Waals surface area contributed by atoms with Crippen LogP contribution in [0.2, 0.25) is 0 Å². The molecule has 5 rings (SSSR count). The lowest BCUT2D eigenvalue weighted by Gasteiger charge is -2.33. The van der Waals surface area contributed by atoms with Crippen LogP contribution in [0, 0.1) is 5.82 Å². The minimum absolute atomic E-state index is 0.0399. The van der Waals surface area contributed by atoms with E-state index >= 15 is 0 Å². The number of hydrogen-bond donors (Lipinski definition) is 1. The summed E-state index contributed by atoms with van der Waals surface area (Å²) in [6, 6.07) is 12.3. The molecule has 0 saturated carbocycles. The molecule has 3 aromatic rings. The van der Waals surface area contributed by atoms with Gasteiger partial charge in [-0.05, 0) is 30.3 Å². The summed E-state index contributed by atoms with van der Waals surface area (Å²) in [6.45, 7) is -0.0412. The van der Waals surface area contributed by atoms with E-state index in [1.54, 1.807) is 36.5 Å². The fraction of sp³-hybridized carbons (Fsp3) is 0.0526. The topological polar surface area (TPSA) is 121 Å². The number of carbonyl (C=O) groups is 1. The lowest BCUT2D eigenvalue weighted by atomic mass is 10.1. The molecular weight excluding hydrogens is 411 g/mol. The van der Waals surface area contributed by atoms with Gasteiger partial charge in [0.05, 0.1) is 17.7 Å². The summed E-state index contributed by atoms with van der Waals surface area (Å²) in [4.78, 5) is 20.4. The predicted molar refractivity (Wildman–Crippen MR) is 107 cm³/mol. The number of hydrazine groups is 1. The molecule has 150 valence electrons. The van der Waals surface area contributed by atoms with Gasteiger partial charge in [0.25, 0.3) is 21.9 Å². The zero-order valence-corrected chi connectivity index (χ0v) is 16.0. The van der Waals surface area contributed by atoms with E-state index in [9.17, 15) is 17.6 Å². The normalized spacial score (nSPS) is 16.7. The van der Waals surface area contributed by atoms with Crippen molar-refractivity contribution >= 4 is 44.3 Å². The zero-order chi connectivity index (χ0) is 21.0. The highest BCUT2D eigenvalue weighted by Gasteiger charge is 2.41. The number of para-hydroxylation sites is 1. The zero-order valence-electron chi connectivity index (χ0n) is 15.2. The number of anilines is 1. The van der Waals surface area contributed by atoms with Gasteiger partial charge >= 0.3 is 0 Å². The summed E-state index contributed by atoms with van der Waals surface area (Å²) in [7, 11) is -3.99. The maximum atomic E-state index is 14.2. The Morgan fingerprint density at radius 2 is 1.93 bits per heavy atom. The van der Waals surface area contributed by atoms with Crippen molar-refractivity contribution in [1.82, 2.24) is 9.99 Å². The Morgan fingerprint density at radius 1 is 1.13 bits per heavy atom. The number of hydrogen-bond acceptors (Lipinski definition) is 7. The van der Waals surface area contributed by atoms with Crippen molar-refractivity contribution in [3.63, 3.8) is 0 Å². The third-order valence-corrected chi connectivity index (χ3v) is 6.05. The standard InChI is InChI=1S/C19H13FN6O3S/c20-13-8-11-4-3-7-22-16(11)12(9-13)10-25-18(17(21)27)23-19-24-30(28,29)15-6-2-1-5-14(15)26(19)25/h1-9H,10H2,(H2,21,27). The molecule has 1 aromatic heterocycles. The molecule has 0 atom stereocenters. The summed E-state index contributed by atoms with van der Waals surface area (Å²) in [6.07, 6.45) is 1.58. The predicted octanol–water partition coefficient (Wildman–Crippen LogP) is 1.55. The molecule has 0 fully saturated rings. The van der Waals surface area contributed by atoms with Gasteiger partial charge < -0.3 is 5.73 Å². The minimum atomic E-state index is -3.99. The number of aromatic nitrogens is 1. The fourth-order valence-electron chi connectivity index (χ4n) is 3.54. The number of amidine groups is 1. The number of halogens is 1. The molecule has 11 heteroatoms. The number of aliphatic imine (C=N–C) groups is 1. The van der Waals surface area contributed by atoms with Crippen molar-refractivity contribution in [2.24, 2.45) is 15.1 Å². The van der Waals surface area contributed by atoms with Crippen molar-refractivity contribution in [2.45, 2.75) is 11.4 Å². The summed E-state index contributed by atoms with van der Waals surface area (Å²) < 4.78 is 42.9. The number of nitrogens with zero attached hydrogens (tertiary/aromatic N) is 5. The average molecular weight is 424 g/mol. The van der Waals surface area contributed by atoms with Crippen molar-refractivity contribution in [1.29, 1.82) is 0 Å². The summed E-state index contributed by atoms with van der Waals surface area (Å²) >= 11 is 0. The molecule has 1 amide bonds. The lowest BCUT2D eigenvalue weighted by molar-refractivity contribution is -0.112. The summed E-state index contributed by atoms with van der Waals surface area (Å²) in [5.41, 5.74) is 6.75. The fourth-order valence-corrected chi connectivity index (χ4v) is 4.64. The maximum Gasteiger partial charge on any atom is 0.287 e. The van der Waals surface area contributed by atoms with E-state index < -0.39 is 21.7 Å². The molecule has 2 aliphatic rings. The van der Waals surface area contributed by atoms with Gasteiger partial charge in [0.15, 0.2) is 0 Å². The molecule has 9 nitrogen and oxygen atoms in total. The molecular formula is C19H13FN6O3S. The Balaban J connectivity index is 1.69. The van der Waals surface area contributed by atoms with Crippen LogP contribution in [-0.2, 0) is 21.4 Å². The second kappa shape index (κ2) is 6.32. The van der Waals surface area contributed by atoms with Gasteiger partial charge in [-0.1, -0.05) is 18.2 Å². The highest BCUT2D eigenvalue weighted by Crippen LogP contribution is 2.36. The number of nitrogens with two attached hydrogens (primary N) is 1. The van der Waals surface area contributed by atoms with E-state index in [1.807, 2.05) is 0 Å². The number of rotatable bonds is 3. The van der Waals surface area contributed by atoms with E-state index in [2.05, 4.69) is 14.4 Å². The van der Waals surface area contributed by atoms with Crippen molar-refractivity contribution in [2.75, 3.05) is 5.01 Å². The second-order valence-electron chi connectivity index (χ2n) is 6.64. The molecule has 0 saturated heterocycles. The molecule has 0 unspecified atom stereocenters. The lowest BCUT2D eigenvalue weighted by Crippen LogP contribution is -2.48. The number of guanidine groups is 1. The number of fused-ring (bicyclic) bond motifs is 4. The molecule has 30 heavy (non-hydrogen) atoms. The first kappa shape index (κ1) is 18.2. The largest absolute Gasteiger partial charge is 0.363 e. The minimum Gasteiger partial charge on any atom is -0.363 e. The van der Waals surface area contributed by atoms with E-state index in [4.69, 9.17) is 5.73 Å². The van der Waals surface area contributed by atoms with Gasteiger partial charge in [0, 0.05) is 17.1 Å². The Hall–Kier alpha value is -3.86. The highest BCUT2D eigenvalue weighted by atomic mass is 32.2. The van der Waals surface area contributed by atoms with Crippen LogP contribution < -0.4 is 10.7 Å². The molecule has 0 bridgehead atoms. The van der Waals surface area contributed by atoms with E-state index in [0.717, 1.165) is 0 Å². The maximum absolute atomic E-state index is 14.2. The van der Waals surface area contributed by atoms with Crippen LogP contribution in [0.4, 0.5) is 10.1 Å². The average Bonchev–Trinajstić information content (AvgIpc) is 3.05. The van der Waals surface area contributed by atoms with E-state index in [1.165, 1.54) is 28.2 Å². The number of pyridine rings is 1. The smallest absolute Gasteiger partial charge is 0.287 e. The third-order valence-electron chi connectivity index (χ3n) is 4.74. The van der Waals surface area contributed by atoms with E-state index in [0.29, 0.717) is 16.5 Å². The molecule has 0 aliphatic carbocycles. The first-order chi connectivity index (χ1) is 14.3. The number of benzene rings is 2. The van der Waals surface area contributed by atoms with Crippen LogP contribution in [0.5, 0.6) is 0 Å². The molecule has 0 spiro atoms. The molecule has 3 heterocycles. The Labute approximate surface area is 170 Å². The number of amides is 1. The van der Waals surface area contributed by atoms with Gasteiger partial charge in [-0.15, -0.1) is 4.40 Å². The summed E-state index contributed by atoms with van der Waals surface area (Å²) in [5.74, 6) is -1.78. The molecule has 2 aliphatic heterocycles. The van der Waals surface area contributed by atoms with Crippen LogP contribution in [0.15, 0.2) is 69.0 Å². The van der Waals surface area contributed by atoms with Crippen molar-refractivity contribution < 1.29 is 17.6 Å². The van der Waals surface area contributed by atoms with Crippen LogP contribution >= 0.6 is 0 Å². The summed E-state index contributed by atoms with van der Waals surface area (Å²) in [5, 5.41) is 3.34. The second-order valence-corrected chi connectivity index (χ2v) is 8.22. The number of sulfonamides is 1. The highest BCUT2D eigenvalue weighted by molar-refractivity contribution is 7.90. The Bertz CT molecular complexity index is 1400. The van der Waals surface area contributed by atoms with Gasteiger partial charge in [-0.3, -0.25) is 14.8 Å². The number of carbonyl (C=O) groups excluding carboxylic acids is 1. The van der Waals surface area contributed by atoms with Crippen molar-refractivity contribution in [3.05, 3.63) is 66.1 Å². The molecule has 2 aromatic carbocycles. The monoisotopic (exact) mass is 424 g/mol. The van der Waals surface area contributed by atoms with Crippen LogP contribution in [0.1, 0.15) is 5.56 Å². The Morgan fingerprint density at radius 3 is 2.73 bits per heavy atom. The van der Waals surface area contributed by atoms with Gasteiger partial charge in [-0.2, -0.15) is 13.4 Å². The quantitative estimate of drug-likeness (QED) is 0.681. The van der Waals surface area contributed by atoms with Crippen molar-refractivity contribution in [3.8, 4) is 0 Å². The van der Waals surface area contributed by atoms with Gasteiger partial charge in [-0.25, -0.2) is 9.40 Å². The number of primary amides is 1. The van der Waals surface area contributed by atoms with E-state index in [-0.39, 0.29) is 28.9 Å². The van der Waals surface area contributed by atoms with Crippen LogP contribution in [0.25, 0.3) is 10.9 Å². The first-order valence-electron chi connectivity index (χ1n) is 8.78. The molecule has 2 N–H and O–H groups in total. The van der Waals surface area contributed by atoms with Gasteiger partial charge in [0.2, 0.25) is 5.84 Å². The SMILES string of the molecule is NC(=O)C1=NC2=NS(=O)(=O)c3ccccc3N2N1Cc1cc(F)cc2cccnc12. The first-order valence-corrected chi connectivity index (χ1v) is 10.2. The molecule has 0 radical (unpaired) electrons. The van der Waals surface area contributed by atoms with Crippen LogP contribution in [0.3, 0.4) is 0 Å². The Kier molecular flexibility index (Phi) is 3.83. The third kappa shape index (κ3) is 2.70. The van der Waals surface area contributed by atoms with Crippen LogP contribution in [-0.4, -0.2) is 36.1 Å². The van der Waals surface area contributed by atoms with Gasteiger partial charge in [0.1, 0.15) is 10.7 Å².